The molecule has 0 saturated carbocycles. The Morgan fingerprint density at radius 1 is 1.14 bits per heavy atom. The number of benzene rings is 1. The minimum Gasteiger partial charge on any atom is -0.340 e. The Morgan fingerprint density at radius 2 is 1.86 bits per heavy atom. The molecule has 0 amide bonds. The number of hydrogen-bond acceptors (Lipinski definition) is 3. The molecule has 0 spiro atoms. The first kappa shape index (κ1) is 15.0. The van der Waals surface area contributed by atoms with Crippen LogP contribution in [-0.2, 0) is 6.18 Å². The van der Waals surface area contributed by atoms with Crippen LogP contribution in [0.2, 0.25) is 0 Å². The number of nitrogens with one attached hydrogen (secondary N) is 1. The molecule has 1 N–H and O–H groups in total. The van der Waals surface area contributed by atoms with Crippen molar-refractivity contribution in [2.45, 2.75) is 18.6 Å². The summed E-state index contributed by atoms with van der Waals surface area (Å²) in [4.78, 5) is 8.48. The average Bonchev–Trinajstić information content (AvgIpc) is 2.47. The number of alkyl halides is 3. The van der Waals surface area contributed by atoms with Crippen LogP contribution in [0.3, 0.4) is 0 Å². The highest BCUT2D eigenvalue weighted by Crippen LogP contribution is 2.31. The van der Waals surface area contributed by atoms with E-state index < -0.39 is 11.7 Å². The van der Waals surface area contributed by atoms with E-state index >= 15 is 0 Å². The highest BCUT2D eigenvalue weighted by Gasteiger charge is 2.30. The maximum atomic E-state index is 12.6. The molecule has 0 fully saturated rings. The lowest BCUT2D eigenvalue weighted by atomic mass is 9.97. The standard InChI is InChI=1S/C15H11BrF3N3/c16-10-3-6-12-13(7-10)20-8-21-14(12)22-11-4-1-9(2-5-11)15(17,18)19/h1-6,8,13H,7H2,(H,20,21,22). The molecule has 7 heteroatoms. The largest absolute Gasteiger partial charge is 0.416 e. The van der Waals surface area contributed by atoms with E-state index in [9.17, 15) is 13.2 Å². The van der Waals surface area contributed by atoms with Crippen molar-refractivity contribution in [3.05, 3.63) is 52.0 Å². The quantitative estimate of drug-likeness (QED) is 0.775. The van der Waals surface area contributed by atoms with Crippen molar-refractivity contribution in [2.75, 3.05) is 5.32 Å². The third-order valence-corrected chi connectivity index (χ3v) is 3.96. The molecule has 0 saturated heterocycles. The Balaban J connectivity index is 1.81. The molecule has 0 radical (unpaired) electrons. The van der Waals surface area contributed by atoms with E-state index in [1.54, 1.807) is 0 Å². The van der Waals surface area contributed by atoms with Crippen molar-refractivity contribution in [1.82, 2.24) is 0 Å². The topological polar surface area (TPSA) is 36.8 Å². The summed E-state index contributed by atoms with van der Waals surface area (Å²) in [6, 6.07) is 4.85. The normalized spacial score (nSPS) is 20.7. The lowest BCUT2D eigenvalue weighted by Crippen LogP contribution is -2.27. The van der Waals surface area contributed by atoms with Crippen molar-refractivity contribution >= 4 is 33.8 Å². The summed E-state index contributed by atoms with van der Waals surface area (Å²) in [5.74, 6) is 0.607. The molecule has 1 unspecified atom stereocenters. The van der Waals surface area contributed by atoms with Gasteiger partial charge in [0.2, 0.25) is 0 Å². The van der Waals surface area contributed by atoms with E-state index in [1.165, 1.54) is 18.5 Å². The molecular formula is C15H11BrF3N3. The number of amidine groups is 1. The SMILES string of the molecule is FC(F)(F)c1ccc(NC2=NC=NC3CC(Br)=CC=C23)cc1. The fourth-order valence-electron chi connectivity index (χ4n) is 2.25. The minimum absolute atomic E-state index is 0.0196. The van der Waals surface area contributed by atoms with Crippen molar-refractivity contribution in [2.24, 2.45) is 9.98 Å². The summed E-state index contributed by atoms with van der Waals surface area (Å²) in [6.45, 7) is 0. The average molecular weight is 370 g/mol. The van der Waals surface area contributed by atoms with Crippen LogP contribution < -0.4 is 5.32 Å². The van der Waals surface area contributed by atoms with E-state index in [0.717, 1.165) is 28.6 Å². The number of hydrogen-bond donors (Lipinski definition) is 1. The van der Waals surface area contributed by atoms with Gasteiger partial charge >= 0.3 is 6.18 Å². The first-order valence-corrected chi connectivity index (χ1v) is 7.33. The molecule has 1 atom stereocenters. The first-order chi connectivity index (χ1) is 10.4. The zero-order chi connectivity index (χ0) is 15.7. The van der Waals surface area contributed by atoms with Crippen molar-refractivity contribution < 1.29 is 13.2 Å². The van der Waals surface area contributed by atoms with Gasteiger partial charge in [0.05, 0.1) is 11.6 Å². The van der Waals surface area contributed by atoms with Crippen LogP contribution in [0.5, 0.6) is 0 Å². The molecule has 1 aliphatic heterocycles. The summed E-state index contributed by atoms with van der Waals surface area (Å²) >= 11 is 3.44. The molecule has 0 bridgehead atoms. The van der Waals surface area contributed by atoms with Crippen molar-refractivity contribution in [3.8, 4) is 0 Å². The maximum Gasteiger partial charge on any atom is 0.416 e. The van der Waals surface area contributed by atoms with Crippen molar-refractivity contribution in [3.63, 3.8) is 0 Å². The second kappa shape index (κ2) is 5.72. The molecule has 1 aromatic rings. The van der Waals surface area contributed by atoms with Crippen LogP contribution in [0, 0.1) is 0 Å². The van der Waals surface area contributed by atoms with Crippen LogP contribution >= 0.6 is 15.9 Å². The number of fused-ring (bicyclic) bond motifs is 1. The molecule has 2 aliphatic rings. The summed E-state index contributed by atoms with van der Waals surface area (Å²) in [5, 5.41) is 3.05. The Labute approximate surface area is 133 Å². The number of allylic oxidation sites excluding steroid dienone is 2. The number of aliphatic imine (C=N–C) groups is 2. The Hall–Kier alpha value is -1.89. The zero-order valence-electron chi connectivity index (χ0n) is 11.2. The second-order valence-electron chi connectivity index (χ2n) is 4.90. The van der Waals surface area contributed by atoms with E-state index in [0.29, 0.717) is 11.5 Å². The smallest absolute Gasteiger partial charge is 0.340 e. The summed E-state index contributed by atoms with van der Waals surface area (Å²) < 4.78 is 38.7. The van der Waals surface area contributed by atoms with Gasteiger partial charge in [-0.25, -0.2) is 4.99 Å². The van der Waals surface area contributed by atoms with E-state index in [2.05, 4.69) is 31.2 Å². The monoisotopic (exact) mass is 369 g/mol. The predicted molar refractivity (Wildman–Crippen MR) is 84.5 cm³/mol. The van der Waals surface area contributed by atoms with Gasteiger partial charge in [-0.1, -0.05) is 28.1 Å². The Morgan fingerprint density at radius 3 is 2.55 bits per heavy atom. The summed E-state index contributed by atoms with van der Waals surface area (Å²) in [5.41, 5.74) is 0.799. The molecule has 114 valence electrons. The fourth-order valence-corrected chi connectivity index (χ4v) is 2.69. The van der Waals surface area contributed by atoms with Gasteiger partial charge in [-0.15, -0.1) is 0 Å². The number of halogens is 4. The summed E-state index contributed by atoms with van der Waals surface area (Å²) in [7, 11) is 0. The number of rotatable bonds is 1. The summed E-state index contributed by atoms with van der Waals surface area (Å²) in [6.07, 6.45) is 1.72. The van der Waals surface area contributed by atoms with Crippen LogP contribution in [0.25, 0.3) is 0 Å². The van der Waals surface area contributed by atoms with Gasteiger partial charge in [0.15, 0.2) is 0 Å². The molecule has 1 aliphatic carbocycles. The maximum absolute atomic E-state index is 12.6. The predicted octanol–water partition coefficient (Wildman–Crippen LogP) is 4.54. The molecule has 1 aromatic carbocycles. The molecule has 3 rings (SSSR count). The minimum atomic E-state index is -4.33. The zero-order valence-corrected chi connectivity index (χ0v) is 12.8. The van der Waals surface area contributed by atoms with Crippen molar-refractivity contribution in [1.29, 1.82) is 0 Å². The first-order valence-electron chi connectivity index (χ1n) is 6.54. The highest BCUT2D eigenvalue weighted by atomic mass is 79.9. The fraction of sp³-hybridized carbons (Fsp3) is 0.200. The van der Waals surface area contributed by atoms with Crippen LogP contribution in [0.1, 0.15) is 12.0 Å². The third kappa shape index (κ3) is 3.14. The highest BCUT2D eigenvalue weighted by molar-refractivity contribution is 9.11. The molecule has 0 aromatic heterocycles. The lowest BCUT2D eigenvalue weighted by Gasteiger charge is -2.24. The molecule has 1 heterocycles. The third-order valence-electron chi connectivity index (χ3n) is 3.37. The van der Waals surface area contributed by atoms with Gasteiger partial charge in [-0.2, -0.15) is 13.2 Å². The van der Waals surface area contributed by atoms with Crippen LogP contribution in [-0.4, -0.2) is 18.2 Å². The molecule has 3 nitrogen and oxygen atoms in total. The number of nitrogens with zero attached hydrogens (tertiary/aromatic N) is 2. The Bertz CT molecular complexity index is 700. The lowest BCUT2D eigenvalue weighted by molar-refractivity contribution is -0.137. The van der Waals surface area contributed by atoms with Gasteiger partial charge in [0.25, 0.3) is 0 Å². The van der Waals surface area contributed by atoms with Gasteiger partial charge in [0, 0.05) is 17.7 Å². The van der Waals surface area contributed by atoms with Gasteiger partial charge < -0.3 is 5.32 Å². The Kier molecular flexibility index (Phi) is 3.90. The second-order valence-corrected chi connectivity index (χ2v) is 5.92. The van der Waals surface area contributed by atoms with Gasteiger partial charge in [0.1, 0.15) is 12.2 Å². The number of anilines is 1. The van der Waals surface area contributed by atoms with E-state index in [1.807, 2.05) is 12.2 Å². The molecule has 22 heavy (non-hydrogen) atoms. The molecular weight excluding hydrogens is 359 g/mol. The van der Waals surface area contributed by atoms with Gasteiger partial charge in [-0.3, -0.25) is 4.99 Å². The van der Waals surface area contributed by atoms with E-state index in [4.69, 9.17) is 0 Å². The van der Waals surface area contributed by atoms with Gasteiger partial charge in [-0.05, 0) is 28.7 Å². The van der Waals surface area contributed by atoms with Crippen LogP contribution in [0.4, 0.5) is 18.9 Å². The van der Waals surface area contributed by atoms with E-state index in [-0.39, 0.29) is 6.04 Å². The van der Waals surface area contributed by atoms with Crippen LogP contribution in [0.15, 0.2) is 56.5 Å².